The first kappa shape index (κ1) is 13.2. The number of rotatable bonds is 5. The molecule has 0 saturated carbocycles. The lowest BCUT2D eigenvalue weighted by atomic mass is 10.4. The van der Waals surface area contributed by atoms with Crippen molar-refractivity contribution in [1.82, 2.24) is 19.7 Å². The molecule has 0 aliphatic carbocycles. The summed E-state index contributed by atoms with van der Waals surface area (Å²) in [6.45, 7) is 2.75. The van der Waals surface area contributed by atoms with E-state index >= 15 is 0 Å². The average Bonchev–Trinajstić information content (AvgIpc) is 2.70. The van der Waals surface area contributed by atoms with Crippen LogP contribution in [0.3, 0.4) is 0 Å². The molecular formula is C11H15ClN4O2. The van der Waals surface area contributed by atoms with Crippen LogP contribution < -0.4 is 0 Å². The Bertz CT molecular complexity index is 543. The maximum absolute atomic E-state index is 6.07. The minimum absolute atomic E-state index is 0.0143. The number of aromatic nitrogens is 4. The molecule has 0 aromatic carbocycles. The Morgan fingerprint density at radius 2 is 2.22 bits per heavy atom. The van der Waals surface area contributed by atoms with Gasteiger partial charge in [0.05, 0.1) is 24.3 Å². The minimum Gasteiger partial charge on any atom is -0.382 e. The van der Waals surface area contributed by atoms with Gasteiger partial charge in [0.15, 0.2) is 11.5 Å². The van der Waals surface area contributed by atoms with Crippen LogP contribution in [-0.4, -0.2) is 39.6 Å². The second-order valence-corrected chi connectivity index (χ2v) is 4.37. The molecule has 18 heavy (non-hydrogen) atoms. The van der Waals surface area contributed by atoms with Crippen LogP contribution in [0.25, 0.3) is 11.0 Å². The first-order valence-corrected chi connectivity index (χ1v) is 5.94. The lowest BCUT2D eigenvalue weighted by Crippen LogP contribution is -2.15. The van der Waals surface area contributed by atoms with Crippen LogP contribution in [0, 0.1) is 0 Å². The molecule has 0 saturated heterocycles. The van der Waals surface area contributed by atoms with E-state index in [4.69, 9.17) is 21.1 Å². The summed E-state index contributed by atoms with van der Waals surface area (Å²) in [6, 6.07) is 0. The van der Waals surface area contributed by atoms with Crippen molar-refractivity contribution in [2.24, 2.45) is 7.05 Å². The summed E-state index contributed by atoms with van der Waals surface area (Å²) in [6.07, 6.45) is 1.63. The zero-order valence-electron chi connectivity index (χ0n) is 10.6. The minimum atomic E-state index is -0.0143. The van der Waals surface area contributed by atoms with Gasteiger partial charge in [0, 0.05) is 14.2 Å². The van der Waals surface area contributed by atoms with Gasteiger partial charge < -0.3 is 9.47 Å². The summed E-state index contributed by atoms with van der Waals surface area (Å²) in [5, 5.41) is 5.23. The van der Waals surface area contributed by atoms with Gasteiger partial charge in [-0.3, -0.25) is 4.68 Å². The average molecular weight is 271 g/mol. The molecule has 0 N–H and O–H groups in total. The van der Waals surface area contributed by atoms with Crippen molar-refractivity contribution in [1.29, 1.82) is 0 Å². The van der Waals surface area contributed by atoms with Crippen molar-refractivity contribution in [2.45, 2.75) is 19.6 Å². The molecule has 7 heteroatoms. The number of aryl methyl sites for hydroxylation is 1. The fraction of sp³-hybridized carbons (Fsp3) is 0.545. The zero-order valence-corrected chi connectivity index (χ0v) is 11.3. The molecule has 6 nitrogen and oxygen atoms in total. The monoisotopic (exact) mass is 270 g/mol. The lowest BCUT2D eigenvalue weighted by Gasteiger charge is -2.11. The standard InChI is InChI=1S/C11H15ClN4O2/c1-7(5-17-3)18-6-9-14-10(12)8-4-13-16(2)11(8)15-9/h4,7H,5-6H2,1-3H3. The number of hydrogen-bond acceptors (Lipinski definition) is 5. The van der Waals surface area contributed by atoms with Crippen LogP contribution in [0.4, 0.5) is 0 Å². The summed E-state index contributed by atoms with van der Waals surface area (Å²) in [4.78, 5) is 8.55. The van der Waals surface area contributed by atoms with Crippen molar-refractivity contribution in [3.8, 4) is 0 Å². The molecule has 1 atom stereocenters. The van der Waals surface area contributed by atoms with Gasteiger partial charge in [0.25, 0.3) is 0 Å². The van der Waals surface area contributed by atoms with Crippen LogP contribution >= 0.6 is 11.6 Å². The smallest absolute Gasteiger partial charge is 0.162 e. The molecule has 0 radical (unpaired) electrons. The normalized spacial score (nSPS) is 13.1. The predicted octanol–water partition coefficient (Wildman–Crippen LogP) is 1.57. The topological polar surface area (TPSA) is 62.1 Å². The molecule has 0 fully saturated rings. The van der Waals surface area contributed by atoms with Crippen molar-refractivity contribution >= 4 is 22.6 Å². The highest BCUT2D eigenvalue weighted by Crippen LogP contribution is 2.19. The summed E-state index contributed by atoms with van der Waals surface area (Å²) >= 11 is 6.07. The van der Waals surface area contributed by atoms with Gasteiger partial charge in [-0.15, -0.1) is 0 Å². The SMILES string of the molecule is COCC(C)OCc1nc(Cl)c2cnn(C)c2n1. The molecule has 1 unspecified atom stereocenters. The van der Waals surface area contributed by atoms with Crippen LogP contribution in [-0.2, 0) is 23.1 Å². The number of halogens is 1. The van der Waals surface area contributed by atoms with E-state index in [0.29, 0.717) is 29.8 Å². The number of hydrogen-bond donors (Lipinski definition) is 0. The molecule has 0 amide bonds. The van der Waals surface area contributed by atoms with Crippen molar-refractivity contribution in [2.75, 3.05) is 13.7 Å². The Morgan fingerprint density at radius 3 is 2.94 bits per heavy atom. The molecule has 0 aliphatic rings. The third kappa shape index (κ3) is 2.77. The highest BCUT2D eigenvalue weighted by atomic mass is 35.5. The first-order chi connectivity index (χ1) is 8.61. The third-order valence-corrected chi connectivity index (χ3v) is 2.78. The Labute approximate surface area is 110 Å². The lowest BCUT2D eigenvalue weighted by molar-refractivity contribution is -0.00263. The molecule has 0 aliphatic heterocycles. The highest BCUT2D eigenvalue weighted by molar-refractivity contribution is 6.33. The van der Waals surface area contributed by atoms with Gasteiger partial charge in [-0.05, 0) is 6.92 Å². The number of fused-ring (bicyclic) bond motifs is 1. The van der Waals surface area contributed by atoms with Crippen LogP contribution in [0.2, 0.25) is 5.15 Å². The van der Waals surface area contributed by atoms with Gasteiger partial charge in [-0.25, -0.2) is 9.97 Å². The third-order valence-electron chi connectivity index (χ3n) is 2.49. The maximum atomic E-state index is 6.07. The molecule has 2 heterocycles. The van der Waals surface area contributed by atoms with E-state index in [9.17, 15) is 0 Å². The summed E-state index contributed by atoms with van der Waals surface area (Å²) in [5.74, 6) is 0.541. The highest BCUT2D eigenvalue weighted by Gasteiger charge is 2.11. The Balaban J connectivity index is 2.16. The number of nitrogens with zero attached hydrogens (tertiary/aromatic N) is 4. The van der Waals surface area contributed by atoms with E-state index in [1.54, 1.807) is 18.0 Å². The molecule has 0 spiro atoms. The van der Waals surface area contributed by atoms with E-state index in [1.165, 1.54) is 0 Å². The molecule has 2 aromatic rings. The maximum Gasteiger partial charge on any atom is 0.162 e. The zero-order chi connectivity index (χ0) is 13.1. The van der Waals surface area contributed by atoms with Crippen LogP contribution in [0.5, 0.6) is 0 Å². The van der Waals surface area contributed by atoms with Gasteiger partial charge in [0.2, 0.25) is 0 Å². The quantitative estimate of drug-likeness (QED) is 0.772. The molecule has 98 valence electrons. The Morgan fingerprint density at radius 1 is 1.44 bits per heavy atom. The number of methoxy groups -OCH3 is 1. The summed E-state index contributed by atoms with van der Waals surface area (Å²) in [7, 11) is 3.44. The largest absolute Gasteiger partial charge is 0.382 e. The van der Waals surface area contributed by atoms with Crippen molar-refractivity contribution < 1.29 is 9.47 Å². The first-order valence-electron chi connectivity index (χ1n) is 5.56. The second kappa shape index (κ2) is 5.60. The fourth-order valence-electron chi connectivity index (χ4n) is 1.59. The Hall–Kier alpha value is -1.24. The summed E-state index contributed by atoms with van der Waals surface area (Å²) in [5.41, 5.74) is 0.702. The second-order valence-electron chi connectivity index (χ2n) is 4.01. The molecule has 2 rings (SSSR count). The van der Waals surface area contributed by atoms with Crippen LogP contribution in [0.1, 0.15) is 12.7 Å². The molecular weight excluding hydrogens is 256 g/mol. The fourth-order valence-corrected chi connectivity index (χ4v) is 1.82. The van der Waals surface area contributed by atoms with E-state index in [2.05, 4.69) is 15.1 Å². The van der Waals surface area contributed by atoms with Crippen LogP contribution in [0.15, 0.2) is 6.20 Å². The Kier molecular flexibility index (Phi) is 4.11. The van der Waals surface area contributed by atoms with E-state index in [1.807, 2.05) is 14.0 Å². The molecule has 2 aromatic heterocycles. The number of ether oxygens (including phenoxy) is 2. The molecule has 0 bridgehead atoms. The van der Waals surface area contributed by atoms with Crippen molar-refractivity contribution in [3.05, 3.63) is 17.2 Å². The van der Waals surface area contributed by atoms with Gasteiger partial charge in [-0.1, -0.05) is 11.6 Å². The van der Waals surface area contributed by atoms with E-state index < -0.39 is 0 Å². The van der Waals surface area contributed by atoms with Gasteiger partial charge in [-0.2, -0.15) is 5.10 Å². The van der Waals surface area contributed by atoms with Gasteiger partial charge in [0.1, 0.15) is 11.8 Å². The van der Waals surface area contributed by atoms with Gasteiger partial charge >= 0.3 is 0 Å². The van der Waals surface area contributed by atoms with Crippen molar-refractivity contribution in [3.63, 3.8) is 0 Å². The predicted molar refractivity (Wildman–Crippen MR) is 67.4 cm³/mol. The summed E-state index contributed by atoms with van der Waals surface area (Å²) < 4.78 is 12.2. The van der Waals surface area contributed by atoms with E-state index in [0.717, 1.165) is 5.39 Å². The van der Waals surface area contributed by atoms with E-state index in [-0.39, 0.29) is 6.10 Å².